The first-order valence-electron chi connectivity index (χ1n) is 13.0. The number of carbonyl (C=O) groups excluding carboxylic acids is 2. The smallest absolute Gasteiger partial charge is 0.333 e. The van der Waals surface area contributed by atoms with E-state index in [1.54, 1.807) is 12.2 Å². The molecule has 0 bridgehead atoms. The number of cyclic esters (lactones) is 1. The molecule has 1 N–H and O–H groups in total. The minimum Gasteiger partial charge on any atom is -0.458 e. The standard InChI is InChI=1S/C28H38O5/c1-14-12-21(32-25(31)15(14)2)16(3)18-6-7-19-17-13-24-28(33-24)23(30)9-8-22(29)27(28,5)20(17)10-11-26(18,19)4/h8-9,16-21,23-24,30H,6-7,10-13H2,1-5H3/t16-,17-,18+,19-,20-,21+,23-,24+,26+,27-,28-/m0/s1. The van der Waals surface area contributed by atoms with Crippen molar-refractivity contribution in [2.24, 2.45) is 40.4 Å². The van der Waals surface area contributed by atoms with Crippen LogP contribution >= 0.6 is 0 Å². The minimum atomic E-state index is -0.697. The van der Waals surface area contributed by atoms with E-state index in [1.807, 2.05) is 6.92 Å². The van der Waals surface area contributed by atoms with Crippen molar-refractivity contribution in [2.45, 2.75) is 97.1 Å². The second-order valence-corrected chi connectivity index (χ2v) is 12.5. The van der Waals surface area contributed by atoms with Crippen molar-refractivity contribution in [1.29, 1.82) is 0 Å². The maximum atomic E-state index is 13.3. The lowest BCUT2D eigenvalue weighted by molar-refractivity contribution is -0.155. The maximum absolute atomic E-state index is 13.3. The molecule has 3 saturated carbocycles. The van der Waals surface area contributed by atoms with Crippen LogP contribution < -0.4 is 0 Å². The van der Waals surface area contributed by atoms with Crippen molar-refractivity contribution < 1.29 is 24.2 Å². The molecule has 0 aromatic heterocycles. The SMILES string of the molecule is CC1=C(C)C(=O)O[C@@H]([C@@H](C)[C@H]2CC[C@H]3[C@@H]4C[C@H]5O[C@@]56[C@@H](O)C=CC(=O)[C@]6(C)[C@H]4CC[C@]23C)C1. The summed E-state index contributed by atoms with van der Waals surface area (Å²) in [5.41, 5.74) is 0.798. The first kappa shape index (κ1) is 22.0. The van der Waals surface area contributed by atoms with Gasteiger partial charge in [0.15, 0.2) is 5.78 Å². The highest BCUT2D eigenvalue weighted by atomic mass is 16.6. The third-order valence-corrected chi connectivity index (χ3v) is 11.6. The van der Waals surface area contributed by atoms with Gasteiger partial charge in [0.25, 0.3) is 0 Å². The van der Waals surface area contributed by atoms with E-state index in [4.69, 9.17) is 9.47 Å². The van der Waals surface area contributed by atoms with Crippen LogP contribution in [0, 0.1) is 40.4 Å². The van der Waals surface area contributed by atoms with Gasteiger partial charge in [-0.3, -0.25) is 4.79 Å². The lowest BCUT2D eigenvalue weighted by atomic mass is 9.44. The number of esters is 1. The number of hydrogen-bond acceptors (Lipinski definition) is 5. The normalized spacial score (nSPS) is 53.6. The van der Waals surface area contributed by atoms with Crippen LogP contribution in [0.3, 0.4) is 0 Å². The number of rotatable bonds is 2. The molecule has 4 fully saturated rings. The van der Waals surface area contributed by atoms with Gasteiger partial charge >= 0.3 is 5.97 Å². The van der Waals surface area contributed by atoms with Crippen molar-refractivity contribution in [2.75, 3.05) is 0 Å². The molecule has 0 aromatic rings. The molecule has 11 atom stereocenters. The molecule has 0 amide bonds. The highest BCUT2D eigenvalue weighted by Gasteiger charge is 2.80. The molecule has 5 heteroatoms. The Kier molecular flexibility index (Phi) is 4.55. The quantitative estimate of drug-likeness (QED) is 0.495. The molecule has 33 heavy (non-hydrogen) atoms. The van der Waals surface area contributed by atoms with E-state index >= 15 is 0 Å². The Balaban J connectivity index is 1.28. The van der Waals surface area contributed by atoms with Crippen LogP contribution in [0.1, 0.15) is 73.1 Å². The predicted molar refractivity (Wildman–Crippen MR) is 123 cm³/mol. The summed E-state index contributed by atoms with van der Waals surface area (Å²) in [4.78, 5) is 25.7. The first-order valence-corrected chi connectivity index (χ1v) is 13.0. The van der Waals surface area contributed by atoms with Crippen LogP contribution in [0.15, 0.2) is 23.3 Å². The Hall–Kier alpha value is -1.46. The molecular weight excluding hydrogens is 416 g/mol. The second kappa shape index (κ2) is 6.81. The number of carbonyl (C=O) groups is 2. The Bertz CT molecular complexity index is 981. The molecule has 0 unspecified atom stereocenters. The Morgan fingerprint density at radius 1 is 1.12 bits per heavy atom. The molecule has 2 aliphatic heterocycles. The first-order chi connectivity index (χ1) is 15.6. The van der Waals surface area contributed by atoms with Gasteiger partial charge in [-0.1, -0.05) is 19.4 Å². The summed E-state index contributed by atoms with van der Waals surface area (Å²) in [5.74, 6) is 2.09. The van der Waals surface area contributed by atoms with E-state index < -0.39 is 17.1 Å². The summed E-state index contributed by atoms with van der Waals surface area (Å²) in [5, 5.41) is 10.8. The zero-order valence-corrected chi connectivity index (χ0v) is 20.6. The van der Waals surface area contributed by atoms with Crippen molar-refractivity contribution in [1.82, 2.24) is 0 Å². The van der Waals surface area contributed by atoms with E-state index in [9.17, 15) is 14.7 Å². The van der Waals surface area contributed by atoms with E-state index in [1.165, 1.54) is 6.42 Å². The number of hydrogen-bond donors (Lipinski definition) is 1. The number of ketones is 1. The molecule has 6 rings (SSSR count). The topological polar surface area (TPSA) is 76.1 Å². The predicted octanol–water partition coefficient (Wildman–Crippen LogP) is 4.38. The molecule has 5 nitrogen and oxygen atoms in total. The van der Waals surface area contributed by atoms with Crippen molar-refractivity contribution in [3.63, 3.8) is 0 Å². The van der Waals surface area contributed by atoms with Crippen LogP contribution in [0.4, 0.5) is 0 Å². The Morgan fingerprint density at radius 2 is 1.88 bits per heavy atom. The highest BCUT2D eigenvalue weighted by molar-refractivity contribution is 5.98. The fourth-order valence-corrected chi connectivity index (χ4v) is 9.54. The van der Waals surface area contributed by atoms with Gasteiger partial charge in [0.2, 0.25) is 0 Å². The van der Waals surface area contributed by atoms with Crippen molar-refractivity contribution in [3.05, 3.63) is 23.3 Å². The zero-order chi connectivity index (χ0) is 23.5. The molecule has 6 aliphatic rings. The number of epoxide rings is 1. The number of aliphatic hydroxyl groups is 1. The van der Waals surface area contributed by atoms with Crippen LogP contribution in [0.25, 0.3) is 0 Å². The van der Waals surface area contributed by atoms with Crippen LogP contribution in [0.2, 0.25) is 0 Å². The van der Waals surface area contributed by atoms with Gasteiger partial charge in [-0.2, -0.15) is 0 Å². The van der Waals surface area contributed by atoms with Gasteiger partial charge in [0.05, 0.1) is 11.5 Å². The number of aliphatic hydroxyl groups excluding tert-OH is 1. The van der Waals surface area contributed by atoms with Crippen LogP contribution in [-0.2, 0) is 19.1 Å². The van der Waals surface area contributed by atoms with Gasteiger partial charge in [0.1, 0.15) is 17.8 Å². The molecular formula is C28H38O5. The third-order valence-electron chi connectivity index (χ3n) is 11.6. The summed E-state index contributed by atoms with van der Waals surface area (Å²) < 4.78 is 12.2. The fraction of sp³-hybridized carbons (Fsp3) is 0.786. The van der Waals surface area contributed by atoms with Crippen molar-refractivity contribution in [3.8, 4) is 0 Å². The lowest BCUT2D eigenvalue weighted by Crippen LogP contribution is -2.63. The van der Waals surface area contributed by atoms with E-state index in [2.05, 4.69) is 27.7 Å². The molecule has 1 spiro atoms. The average molecular weight is 455 g/mol. The largest absolute Gasteiger partial charge is 0.458 e. The molecule has 180 valence electrons. The summed E-state index contributed by atoms with van der Waals surface area (Å²) in [6, 6.07) is 0. The summed E-state index contributed by atoms with van der Waals surface area (Å²) in [6.07, 6.45) is 8.75. The second-order valence-electron chi connectivity index (χ2n) is 12.5. The van der Waals surface area contributed by atoms with Crippen LogP contribution in [0.5, 0.6) is 0 Å². The highest BCUT2D eigenvalue weighted by Crippen LogP contribution is 2.73. The number of ether oxygens (including phenoxy) is 2. The molecule has 1 saturated heterocycles. The molecule has 2 heterocycles. The monoisotopic (exact) mass is 454 g/mol. The fourth-order valence-electron chi connectivity index (χ4n) is 9.54. The third kappa shape index (κ3) is 2.56. The van der Waals surface area contributed by atoms with E-state index in [0.717, 1.165) is 43.3 Å². The Morgan fingerprint density at radius 3 is 2.61 bits per heavy atom. The van der Waals surface area contributed by atoms with Gasteiger partial charge in [0, 0.05) is 12.0 Å². The van der Waals surface area contributed by atoms with Crippen molar-refractivity contribution >= 4 is 11.8 Å². The zero-order valence-electron chi connectivity index (χ0n) is 20.6. The van der Waals surface area contributed by atoms with Gasteiger partial charge < -0.3 is 14.6 Å². The van der Waals surface area contributed by atoms with Gasteiger partial charge in [-0.25, -0.2) is 4.79 Å². The lowest BCUT2D eigenvalue weighted by Gasteiger charge is -2.58. The van der Waals surface area contributed by atoms with Gasteiger partial charge in [-0.05, 0) is 100 Å². The maximum Gasteiger partial charge on any atom is 0.333 e. The summed E-state index contributed by atoms with van der Waals surface area (Å²) in [7, 11) is 0. The van der Waals surface area contributed by atoms with Crippen LogP contribution in [-0.4, -0.2) is 40.8 Å². The number of allylic oxidation sites excluding steroid dienone is 1. The Labute approximate surface area is 197 Å². The summed E-state index contributed by atoms with van der Waals surface area (Å²) >= 11 is 0. The summed E-state index contributed by atoms with van der Waals surface area (Å²) in [6.45, 7) is 10.8. The van der Waals surface area contributed by atoms with E-state index in [-0.39, 0.29) is 35.3 Å². The van der Waals surface area contributed by atoms with E-state index in [0.29, 0.717) is 23.7 Å². The number of fused-ring (bicyclic) bond motifs is 4. The van der Waals surface area contributed by atoms with Gasteiger partial charge in [-0.15, -0.1) is 0 Å². The molecule has 0 aromatic carbocycles. The minimum absolute atomic E-state index is 0.0125. The average Bonchev–Trinajstić information content (AvgIpc) is 3.41. The molecule has 4 aliphatic carbocycles. The molecule has 0 radical (unpaired) electrons.